The van der Waals surface area contributed by atoms with Crippen LogP contribution in [-0.2, 0) is 11.2 Å². The van der Waals surface area contributed by atoms with Gasteiger partial charge in [-0.1, -0.05) is 0 Å². The standard InChI is InChI=1S/C12H21N3OS2/c1-8-9(2)18-11(15-8)4-6-14-12(16)10(13)5-7-17-3/h10H,4-7,13H2,1-3H3,(H,14,16)/t10-/m0/s1. The Morgan fingerprint density at radius 3 is 2.83 bits per heavy atom. The number of carbonyl (C=O) groups is 1. The number of thioether (sulfide) groups is 1. The van der Waals surface area contributed by atoms with Crippen LogP contribution in [0.2, 0.25) is 0 Å². The number of rotatable bonds is 7. The van der Waals surface area contributed by atoms with Crippen molar-refractivity contribution in [1.29, 1.82) is 0 Å². The van der Waals surface area contributed by atoms with Crippen molar-refractivity contribution in [2.45, 2.75) is 32.7 Å². The highest BCUT2D eigenvalue weighted by Gasteiger charge is 2.12. The first-order valence-electron chi connectivity index (χ1n) is 5.99. The Hall–Kier alpha value is -0.590. The van der Waals surface area contributed by atoms with Gasteiger partial charge < -0.3 is 11.1 Å². The molecule has 1 aromatic rings. The molecule has 0 bridgehead atoms. The fraction of sp³-hybridized carbons (Fsp3) is 0.667. The summed E-state index contributed by atoms with van der Waals surface area (Å²) in [6.07, 6.45) is 3.51. The summed E-state index contributed by atoms with van der Waals surface area (Å²) < 4.78 is 0. The van der Waals surface area contributed by atoms with Gasteiger partial charge in [0.15, 0.2) is 0 Å². The van der Waals surface area contributed by atoms with Gasteiger partial charge in [-0.2, -0.15) is 11.8 Å². The molecule has 4 nitrogen and oxygen atoms in total. The van der Waals surface area contributed by atoms with Gasteiger partial charge in [0.25, 0.3) is 0 Å². The first kappa shape index (κ1) is 15.5. The average Bonchev–Trinajstić information content (AvgIpc) is 2.65. The molecule has 0 saturated carbocycles. The molecule has 0 radical (unpaired) electrons. The van der Waals surface area contributed by atoms with Crippen LogP contribution in [0.15, 0.2) is 0 Å². The number of nitrogens with one attached hydrogen (secondary N) is 1. The molecule has 1 rings (SSSR count). The molecule has 1 aromatic heterocycles. The average molecular weight is 287 g/mol. The van der Waals surface area contributed by atoms with E-state index in [1.807, 2.05) is 13.2 Å². The van der Waals surface area contributed by atoms with E-state index in [4.69, 9.17) is 5.73 Å². The van der Waals surface area contributed by atoms with E-state index in [1.165, 1.54) is 4.88 Å². The van der Waals surface area contributed by atoms with Crippen LogP contribution in [0.1, 0.15) is 22.0 Å². The summed E-state index contributed by atoms with van der Waals surface area (Å²) in [4.78, 5) is 17.3. The summed E-state index contributed by atoms with van der Waals surface area (Å²) >= 11 is 3.40. The zero-order chi connectivity index (χ0) is 13.5. The molecular formula is C12H21N3OS2. The van der Waals surface area contributed by atoms with Crippen molar-refractivity contribution in [2.24, 2.45) is 5.73 Å². The molecule has 18 heavy (non-hydrogen) atoms. The quantitative estimate of drug-likeness (QED) is 0.797. The van der Waals surface area contributed by atoms with Crippen molar-refractivity contribution in [2.75, 3.05) is 18.6 Å². The Morgan fingerprint density at radius 1 is 1.56 bits per heavy atom. The highest BCUT2D eigenvalue weighted by molar-refractivity contribution is 7.98. The van der Waals surface area contributed by atoms with Crippen molar-refractivity contribution in [3.8, 4) is 0 Å². The number of nitrogens with zero attached hydrogens (tertiary/aromatic N) is 1. The summed E-state index contributed by atoms with van der Waals surface area (Å²) in [5.41, 5.74) is 6.85. The van der Waals surface area contributed by atoms with Crippen LogP contribution in [0.5, 0.6) is 0 Å². The predicted octanol–water partition coefficient (Wildman–Crippen LogP) is 1.50. The lowest BCUT2D eigenvalue weighted by atomic mass is 10.2. The minimum atomic E-state index is -0.391. The topological polar surface area (TPSA) is 68.0 Å². The molecular weight excluding hydrogens is 266 g/mol. The third kappa shape index (κ3) is 4.96. The lowest BCUT2D eigenvalue weighted by Crippen LogP contribution is -2.41. The first-order valence-corrected chi connectivity index (χ1v) is 8.20. The summed E-state index contributed by atoms with van der Waals surface area (Å²) in [5, 5.41) is 3.93. The van der Waals surface area contributed by atoms with Gasteiger partial charge in [-0.25, -0.2) is 4.98 Å². The van der Waals surface area contributed by atoms with Gasteiger partial charge in [-0.05, 0) is 32.3 Å². The second-order valence-electron chi connectivity index (χ2n) is 4.18. The molecule has 3 N–H and O–H groups in total. The Morgan fingerprint density at radius 2 is 2.28 bits per heavy atom. The number of hydrogen-bond acceptors (Lipinski definition) is 5. The van der Waals surface area contributed by atoms with Gasteiger partial charge in [0.2, 0.25) is 5.91 Å². The molecule has 0 fully saturated rings. The minimum absolute atomic E-state index is 0.0611. The molecule has 1 amide bonds. The molecule has 0 spiro atoms. The molecule has 1 atom stereocenters. The number of hydrogen-bond donors (Lipinski definition) is 2. The Labute approximate surface area is 117 Å². The smallest absolute Gasteiger partial charge is 0.236 e. The number of thiazole rings is 1. The van der Waals surface area contributed by atoms with Gasteiger partial charge in [-0.15, -0.1) is 11.3 Å². The van der Waals surface area contributed by atoms with E-state index in [1.54, 1.807) is 23.1 Å². The normalized spacial score (nSPS) is 12.4. The van der Waals surface area contributed by atoms with Crippen LogP contribution in [0, 0.1) is 13.8 Å². The number of aryl methyl sites for hydroxylation is 2. The van der Waals surface area contributed by atoms with Crippen molar-refractivity contribution in [3.63, 3.8) is 0 Å². The van der Waals surface area contributed by atoms with Gasteiger partial charge in [-0.3, -0.25) is 4.79 Å². The van der Waals surface area contributed by atoms with Crippen LogP contribution in [0.25, 0.3) is 0 Å². The van der Waals surface area contributed by atoms with Crippen molar-refractivity contribution < 1.29 is 4.79 Å². The second-order valence-corrected chi connectivity index (χ2v) is 6.45. The van der Waals surface area contributed by atoms with Crippen LogP contribution in [-0.4, -0.2) is 35.5 Å². The van der Waals surface area contributed by atoms with Crippen LogP contribution >= 0.6 is 23.1 Å². The monoisotopic (exact) mass is 287 g/mol. The molecule has 1 heterocycles. The maximum Gasteiger partial charge on any atom is 0.236 e. The van der Waals surface area contributed by atoms with Gasteiger partial charge in [0.1, 0.15) is 0 Å². The van der Waals surface area contributed by atoms with Crippen LogP contribution in [0.3, 0.4) is 0 Å². The number of nitrogens with two attached hydrogens (primary N) is 1. The van der Waals surface area contributed by atoms with Gasteiger partial charge in [0.05, 0.1) is 16.7 Å². The van der Waals surface area contributed by atoms with E-state index >= 15 is 0 Å². The molecule has 0 saturated heterocycles. The maximum atomic E-state index is 11.6. The molecule has 0 aliphatic heterocycles. The van der Waals surface area contributed by atoms with E-state index in [2.05, 4.69) is 17.2 Å². The second kappa shape index (κ2) is 7.76. The molecule has 0 aromatic carbocycles. The zero-order valence-corrected chi connectivity index (χ0v) is 12.8. The Kier molecular flexibility index (Phi) is 6.67. The summed E-state index contributed by atoms with van der Waals surface area (Å²) in [5.74, 6) is 0.855. The van der Waals surface area contributed by atoms with Crippen molar-refractivity contribution in [3.05, 3.63) is 15.6 Å². The molecule has 0 aliphatic carbocycles. The molecule has 0 unspecified atom stereocenters. The molecule has 0 aliphatic rings. The third-order valence-electron chi connectivity index (χ3n) is 2.68. The minimum Gasteiger partial charge on any atom is -0.354 e. The van der Waals surface area contributed by atoms with Crippen LogP contribution in [0.4, 0.5) is 0 Å². The Balaban J connectivity index is 2.26. The van der Waals surface area contributed by atoms with E-state index < -0.39 is 6.04 Å². The first-order chi connectivity index (χ1) is 8.54. The van der Waals surface area contributed by atoms with E-state index in [0.717, 1.165) is 29.3 Å². The fourth-order valence-electron chi connectivity index (χ4n) is 1.45. The van der Waals surface area contributed by atoms with E-state index in [-0.39, 0.29) is 5.91 Å². The molecule has 6 heteroatoms. The summed E-state index contributed by atoms with van der Waals surface area (Å²) in [7, 11) is 0. The molecule has 102 valence electrons. The third-order valence-corrected chi connectivity index (χ3v) is 4.46. The van der Waals surface area contributed by atoms with Gasteiger partial charge >= 0.3 is 0 Å². The lowest BCUT2D eigenvalue weighted by molar-refractivity contribution is -0.122. The number of amides is 1. The summed E-state index contributed by atoms with van der Waals surface area (Å²) in [6.45, 7) is 4.68. The fourth-order valence-corrected chi connectivity index (χ4v) is 2.87. The van der Waals surface area contributed by atoms with Crippen LogP contribution < -0.4 is 11.1 Å². The largest absolute Gasteiger partial charge is 0.354 e. The number of aromatic nitrogens is 1. The van der Waals surface area contributed by atoms with E-state index in [0.29, 0.717) is 6.54 Å². The summed E-state index contributed by atoms with van der Waals surface area (Å²) in [6, 6.07) is -0.391. The highest BCUT2D eigenvalue weighted by atomic mass is 32.2. The Bertz CT molecular complexity index is 373. The highest BCUT2D eigenvalue weighted by Crippen LogP contribution is 2.16. The van der Waals surface area contributed by atoms with E-state index in [9.17, 15) is 4.79 Å². The van der Waals surface area contributed by atoms with Crippen molar-refractivity contribution >= 4 is 29.0 Å². The number of carbonyl (C=O) groups excluding carboxylic acids is 1. The SMILES string of the molecule is CSCC[C@H](N)C(=O)NCCc1nc(C)c(C)s1. The zero-order valence-electron chi connectivity index (χ0n) is 11.2. The maximum absolute atomic E-state index is 11.6. The predicted molar refractivity (Wildman–Crippen MR) is 79.3 cm³/mol. The van der Waals surface area contributed by atoms with Gasteiger partial charge in [0, 0.05) is 17.8 Å². The van der Waals surface area contributed by atoms with Crippen molar-refractivity contribution in [1.82, 2.24) is 10.3 Å². The lowest BCUT2D eigenvalue weighted by Gasteiger charge is -2.10.